The number of aryl methyl sites for hydroxylation is 2. The first-order valence-electron chi connectivity index (χ1n) is 13.5. The summed E-state index contributed by atoms with van der Waals surface area (Å²) in [6.07, 6.45) is 0.358. The molecule has 0 aliphatic heterocycles. The lowest BCUT2D eigenvalue weighted by atomic mass is 10.1. The van der Waals surface area contributed by atoms with Crippen molar-refractivity contribution in [1.82, 2.24) is 10.2 Å². The van der Waals surface area contributed by atoms with Crippen LogP contribution < -0.4 is 19.1 Å². The predicted molar refractivity (Wildman–Crippen MR) is 160 cm³/mol. The largest absolute Gasteiger partial charge is 0.493 e. The summed E-state index contributed by atoms with van der Waals surface area (Å²) in [7, 11) is -1.36. The smallest absolute Gasteiger partial charge is 0.264 e. The summed E-state index contributed by atoms with van der Waals surface area (Å²) in [4.78, 5) is 28.6. The molecule has 3 rings (SSSR count). The summed E-state index contributed by atoms with van der Waals surface area (Å²) >= 11 is 0. The van der Waals surface area contributed by atoms with Gasteiger partial charge in [-0.3, -0.25) is 13.9 Å². The van der Waals surface area contributed by atoms with Gasteiger partial charge in [0.2, 0.25) is 11.8 Å². The Balaban J connectivity index is 2.10. The van der Waals surface area contributed by atoms with Gasteiger partial charge in [-0.15, -0.1) is 0 Å². The Bertz CT molecular complexity index is 1460. The first-order chi connectivity index (χ1) is 19.6. The molecule has 9 nitrogen and oxygen atoms in total. The van der Waals surface area contributed by atoms with Crippen LogP contribution in [0.15, 0.2) is 71.6 Å². The van der Waals surface area contributed by atoms with E-state index in [1.54, 1.807) is 24.3 Å². The molecule has 0 spiro atoms. The number of likely N-dealkylation sites (N-methyl/N-ethyl adjacent to an activating group) is 1. The first-order valence-corrected chi connectivity index (χ1v) is 14.9. The van der Waals surface area contributed by atoms with E-state index >= 15 is 0 Å². The van der Waals surface area contributed by atoms with E-state index in [1.807, 2.05) is 52.0 Å². The predicted octanol–water partition coefficient (Wildman–Crippen LogP) is 4.46. The SMILES string of the molecule is CCNC(=O)[C@@H](CC)N(Cc1ccccc1C)C(=O)CN(c1ccc(C)cc1)S(=O)(=O)c1ccc(OC)c(OC)c1. The Labute approximate surface area is 243 Å². The number of ether oxygens (including phenoxy) is 2. The second-order valence-corrected chi connectivity index (χ2v) is 11.5. The average Bonchev–Trinajstić information content (AvgIpc) is 2.96. The van der Waals surface area contributed by atoms with Crippen LogP contribution in [-0.2, 0) is 26.2 Å². The lowest BCUT2D eigenvalue weighted by Crippen LogP contribution is -2.52. The number of rotatable bonds is 13. The number of benzene rings is 3. The molecule has 0 aromatic heterocycles. The normalized spacial score (nSPS) is 11.9. The number of nitrogens with one attached hydrogen (secondary N) is 1. The number of carbonyl (C=O) groups is 2. The summed E-state index contributed by atoms with van der Waals surface area (Å²) in [6.45, 7) is 7.52. The number of anilines is 1. The molecule has 0 aliphatic rings. The molecule has 0 bridgehead atoms. The van der Waals surface area contributed by atoms with Crippen LogP contribution in [0.3, 0.4) is 0 Å². The van der Waals surface area contributed by atoms with Crippen molar-refractivity contribution in [2.45, 2.75) is 51.6 Å². The zero-order chi connectivity index (χ0) is 30.2. The summed E-state index contributed by atoms with van der Waals surface area (Å²) in [5.74, 6) is -0.175. The van der Waals surface area contributed by atoms with Gasteiger partial charge in [-0.2, -0.15) is 0 Å². The molecule has 10 heteroatoms. The standard InChI is InChI=1S/C31H39N3O6S/c1-7-27(31(36)32-8-2)33(20-24-12-10-9-11-23(24)4)30(35)21-34(25-15-13-22(3)14-16-25)41(37,38)26-17-18-28(39-5)29(19-26)40-6/h9-19,27H,7-8,20-21H2,1-6H3,(H,32,36)/t27-/m1/s1. The van der Waals surface area contributed by atoms with E-state index in [4.69, 9.17) is 9.47 Å². The molecule has 0 saturated heterocycles. The van der Waals surface area contributed by atoms with Gasteiger partial charge < -0.3 is 19.7 Å². The van der Waals surface area contributed by atoms with Gasteiger partial charge in [-0.05, 0) is 62.6 Å². The number of hydrogen-bond acceptors (Lipinski definition) is 6. The van der Waals surface area contributed by atoms with Crippen LogP contribution in [-0.4, -0.2) is 58.5 Å². The lowest BCUT2D eigenvalue weighted by Gasteiger charge is -2.33. The van der Waals surface area contributed by atoms with E-state index < -0.39 is 28.5 Å². The maximum absolute atomic E-state index is 14.1. The maximum atomic E-state index is 14.1. The molecule has 0 radical (unpaired) electrons. The highest BCUT2D eigenvalue weighted by Gasteiger charge is 2.34. The van der Waals surface area contributed by atoms with Gasteiger partial charge in [0.05, 0.1) is 24.8 Å². The van der Waals surface area contributed by atoms with Crippen molar-refractivity contribution >= 4 is 27.5 Å². The minimum absolute atomic E-state index is 0.0650. The van der Waals surface area contributed by atoms with Crippen molar-refractivity contribution in [3.63, 3.8) is 0 Å². The van der Waals surface area contributed by atoms with Crippen molar-refractivity contribution < 1.29 is 27.5 Å². The van der Waals surface area contributed by atoms with E-state index in [2.05, 4.69) is 5.32 Å². The van der Waals surface area contributed by atoms with Gasteiger partial charge >= 0.3 is 0 Å². The molecular weight excluding hydrogens is 542 g/mol. The highest BCUT2D eigenvalue weighted by atomic mass is 32.2. The molecule has 1 N–H and O–H groups in total. The van der Waals surface area contributed by atoms with E-state index in [9.17, 15) is 18.0 Å². The van der Waals surface area contributed by atoms with Crippen molar-refractivity contribution in [2.24, 2.45) is 0 Å². The molecule has 1 atom stereocenters. The number of sulfonamides is 1. The summed E-state index contributed by atoms with van der Waals surface area (Å²) < 4.78 is 39.9. The molecule has 3 aromatic rings. The third-order valence-corrected chi connectivity index (χ3v) is 8.65. The van der Waals surface area contributed by atoms with Crippen LogP contribution in [0.1, 0.15) is 37.0 Å². The fourth-order valence-electron chi connectivity index (χ4n) is 4.53. The quantitative estimate of drug-likeness (QED) is 0.320. The van der Waals surface area contributed by atoms with E-state index in [0.29, 0.717) is 24.4 Å². The van der Waals surface area contributed by atoms with Crippen LogP contribution in [0.25, 0.3) is 0 Å². The Morgan fingerprint density at radius 1 is 0.902 bits per heavy atom. The molecule has 0 unspecified atom stereocenters. The van der Waals surface area contributed by atoms with Crippen LogP contribution >= 0.6 is 0 Å². The third kappa shape index (κ3) is 7.38. The summed E-state index contributed by atoms with van der Waals surface area (Å²) in [5.41, 5.74) is 3.09. The van der Waals surface area contributed by atoms with Crippen LogP contribution in [0.2, 0.25) is 0 Å². The Morgan fingerprint density at radius 3 is 2.15 bits per heavy atom. The number of hydrogen-bond donors (Lipinski definition) is 1. The first kappa shape index (κ1) is 31.5. The minimum atomic E-state index is -4.25. The van der Waals surface area contributed by atoms with Gasteiger partial charge in [0.25, 0.3) is 10.0 Å². The molecular formula is C31H39N3O6S. The van der Waals surface area contributed by atoms with E-state index in [1.165, 1.54) is 37.3 Å². The van der Waals surface area contributed by atoms with Gasteiger partial charge in [0, 0.05) is 19.2 Å². The average molecular weight is 582 g/mol. The molecule has 41 heavy (non-hydrogen) atoms. The Hall–Kier alpha value is -4.05. The van der Waals surface area contributed by atoms with Crippen LogP contribution in [0.5, 0.6) is 11.5 Å². The van der Waals surface area contributed by atoms with Crippen molar-refractivity contribution in [3.05, 3.63) is 83.4 Å². The highest BCUT2D eigenvalue weighted by molar-refractivity contribution is 7.92. The minimum Gasteiger partial charge on any atom is -0.493 e. The second-order valence-electron chi connectivity index (χ2n) is 9.63. The molecule has 2 amide bonds. The van der Waals surface area contributed by atoms with Gasteiger partial charge in [-0.1, -0.05) is 48.9 Å². The third-order valence-electron chi connectivity index (χ3n) is 6.88. The molecule has 0 aliphatic carbocycles. The van der Waals surface area contributed by atoms with Crippen molar-refractivity contribution in [1.29, 1.82) is 0 Å². The lowest BCUT2D eigenvalue weighted by molar-refractivity contribution is -0.140. The Morgan fingerprint density at radius 2 is 1.56 bits per heavy atom. The topological polar surface area (TPSA) is 105 Å². The summed E-state index contributed by atoms with van der Waals surface area (Å²) in [6, 6.07) is 18.0. The van der Waals surface area contributed by atoms with Crippen LogP contribution in [0.4, 0.5) is 5.69 Å². The van der Waals surface area contributed by atoms with Gasteiger partial charge in [0.1, 0.15) is 12.6 Å². The molecule has 3 aromatic carbocycles. The molecule has 0 fully saturated rings. The fraction of sp³-hybridized carbons (Fsp3) is 0.355. The zero-order valence-corrected chi connectivity index (χ0v) is 25.3. The molecule has 0 saturated carbocycles. The number of methoxy groups -OCH3 is 2. The fourth-order valence-corrected chi connectivity index (χ4v) is 5.96. The summed E-state index contributed by atoms with van der Waals surface area (Å²) in [5, 5.41) is 2.81. The number of amides is 2. The van der Waals surface area contributed by atoms with Crippen molar-refractivity contribution in [2.75, 3.05) is 31.6 Å². The molecule has 0 heterocycles. The number of nitrogens with zero attached hydrogens (tertiary/aromatic N) is 2. The van der Waals surface area contributed by atoms with E-state index in [0.717, 1.165) is 21.0 Å². The maximum Gasteiger partial charge on any atom is 0.264 e. The van der Waals surface area contributed by atoms with E-state index in [-0.39, 0.29) is 23.1 Å². The number of carbonyl (C=O) groups excluding carboxylic acids is 2. The highest BCUT2D eigenvalue weighted by Crippen LogP contribution is 2.32. The van der Waals surface area contributed by atoms with Crippen molar-refractivity contribution in [3.8, 4) is 11.5 Å². The van der Waals surface area contributed by atoms with Gasteiger partial charge in [0.15, 0.2) is 11.5 Å². The second kappa shape index (κ2) is 14.0. The monoisotopic (exact) mass is 581 g/mol. The van der Waals surface area contributed by atoms with Crippen LogP contribution in [0, 0.1) is 13.8 Å². The zero-order valence-electron chi connectivity index (χ0n) is 24.5. The molecule has 220 valence electrons. The Kier molecular flexibility index (Phi) is 10.8. The van der Waals surface area contributed by atoms with Gasteiger partial charge in [-0.25, -0.2) is 8.42 Å².